The van der Waals surface area contributed by atoms with Gasteiger partial charge in [-0.1, -0.05) is 31.9 Å². The zero-order valence-corrected chi connectivity index (χ0v) is 17.5. The fourth-order valence-electron chi connectivity index (χ4n) is 3.07. The Hall–Kier alpha value is -1.78. The van der Waals surface area contributed by atoms with Crippen molar-refractivity contribution in [3.8, 4) is 17.2 Å². The molecule has 3 rings (SSSR count). The quantitative estimate of drug-likeness (QED) is 0.465. The lowest BCUT2D eigenvalue weighted by Crippen LogP contribution is -2.58. The largest absolute Gasteiger partial charge is 0.495 e. The predicted molar refractivity (Wildman–Crippen MR) is 109 cm³/mol. The molecule has 2 aromatic rings. The first-order valence-electron chi connectivity index (χ1n) is 8.94. The molecule has 6 heteroatoms. The number of methoxy groups -OCH3 is 1. The van der Waals surface area contributed by atoms with E-state index in [1.807, 2.05) is 30.3 Å². The number of hydrogen-bond donors (Lipinski definition) is 0. The molecule has 2 aromatic carbocycles. The smallest absolute Gasteiger partial charge is 0.468 e. The van der Waals surface area contributed by atoms with Gasteiger partial charge in [-0.2, -0.15) is 0 Å². The monoisotopic (exact) mass is 379 g/mol. The Morgan fingerprint density at radius 3 is 2.67 bits per heavy atom. The van der Waals surface area contributed by atoms with E-state index in [4.69, 9.17) is 18.8 Å². The summed E-state index contributed by atoms with van der Waals surface area (Å²) in [6.45, 7) is 9.30. The van der Waals surface area contributed by atoms with Crippen LogP contribution >= 0.6 is 0 Å². The van der Waals surface area contributed by atoms with Crippen LogP contribution in [0.4, 0.5) is 0 Å². The highest BCUT2D eigenvalue weighted by Crippen LogP contribution is 2.38. The van der Waals surface area contributed by atoms with Crippen molar-refractivity contribution in [2.24, 2.45) is 5.41 Å². The van der Waals surface area contributed by atoms with Crippen LogP contribution in [0.5, 0.6) is 5.75 Å². The number of fused-ring (bicyclic) bond motifs is 1. The third kappa shape index (κ3) is 3.92. The summed E-state index contributed by atoms with van der Waals surface area (Å²) in [5.74, 6) is 3.82. The van der Waals surface area contributed by atoms with Gasteiger partial charge in [-0.25, -0.2) is 0 Å². The van der Waals surface area contributed by atoms with Gasteiger partial charge in [0, 0.05) is 24.7 Å². The SMILES string of the molecule is COCOc1cc(B2OCC(C)(C)C(C)(C)O2)c2c(C#C[Si])cccc2c1. The summed E-state index contributed by atoms with van der Waals surface area (Å²) < 4.78 is 23.3. The summed E-state index contributed by atoms with van der Waals surface area (Å²) in [4.78, 5) is 0. The molecule has 1 saturated heterocycles. The first kappa shape index (κ1) is 20.0. The van der Waals surface area contributed by atoms with E-state index >= 15 is 0 Å². The number of rotatable bonds is 4. The van der Waals surface area contributed by atoms with Gasteiger partial charge in [0.05, 0.1) is 5.60 Å². The molecule has 1 fully saturated rings. The van der Waals surface area contributed by atoms with E-state index in [1.54, 1.807) is 7.11 Å². The maximum Gasteiger partial charge on any atom is 0.495 e. The first-order valence-corrected chi connectivity index (χ1v) is 9.44. The molecule has 4 nitrogen and oxygen atoms in total. The topological polar surface area (TPSA) is 36.9 Å². The lowest BCUT2D eigenvalue weighted by atomic mass is 9.67. The molecule has 1 aliphatic rings. The second kappa shape index (κ2) is 7.69. The molecule has 0 N–H and O–H groups in total. The average molecular weight is 379 g/mol. The Morgan fingerprint density at radius 1 is 1.22 bits per heavy atom. The molecule has 0 bridgehead atoms. The van der Waals surface area contributed by atoms with Gasteiger partial charge in [0.25, 0.3) is 0 Å². The molecule has 1 aliphatic heterocycles. The summed E-state index contributed by atoms with van der Waals surface area (Å²) in [5.41, 5.74) is 4.18. The van der Waals surface area contributed by atoms with Gasteiger partial charge in [-0.15, -0.1) is 5.54 Å². The Morgan fingerprint density at radius 2 is 2.00 bits per heavy atom. The minimum Gasteiger partial charge on any atom is -0.468 e. The third-order valence-electron chi connectivity index (χ3n) is 5.40. The van der Waals surface area contributed by atoms with Crippen molar-refractivity contribution >= 4 is 33.6 Å². The molecular formula is C21H24BO4Si. The van der Waals surface area contributed by atoms with Crippen LogP contribution in [0.2, 0.25) is 0 Å². The van der Waals surface area contributed by atoms with Crippen molar-refractivity contribution in [3.05, 3.63) is 35.9 Å². The van der Waals surface area contributed by atoms with Crippen LogP contribution in [0.25, 0.3) is 10.8 Å². The number of benzene rings is 2. The third-order valence-corrected chi connectivity index (χ3v) is 5.53. The zero-order valence-electron chi connectivity index (χ0n) is 16.5. The second-order valence-electron chi connectivity index (χ2n) is 7.87. The first-order chi connectivity index (χ1) is 12.8. The Bertz CT molecular complexity index is 898. The standard InChI is InChI=1S/C21H24BO4Si/c1-20(2)13-25-22(26-21(20,3)4)18-12-17(24-14-23-5)11-16-8-6-7-15(9-10-27)19(16)18/h6-8,11-12H,13-14H2,1-5H3. The molecule has 0 atom stereocenters. The highest BCUT2D eigenvalue weighted by atomic mass is 28.1. The van der Waals surface area contributed by atoms with E-state index in [0.29, 0.717) is 12.4 Å². The summed E-state index contributed by atoms with van der Waals surface area (Å²) in [7, 11) is 4.36. The summed E-state index contributed by atoms with van der Waals surface area (Å²) in [5, 5.41) is 2.02. The molecule has 0 saturated carbocycles. The van der Waals surface area contributed by atoms with Crippen LogP contribution in [0.1, 0.15) is 33.3 Å². The van der Waals surface area contributed by atoms with Crippen molar-refractivity contribution in [1.82, 2.24) is 0 Å². The molecule has 0 aliphatic carbocycles. The molecule has 0 spiro atoms. The molecule has 1 heterocycles. The van der Waals surface area contributed by atoms with Gasteiger partial charge in [0.2, 0.25) is 0 Å². The average Bonchev–Trinajstić information content (AvgIpc) is 2.62. The fourth-order valence-corrected chi connectivity index (χ4v) is 3.21. The van der Waals surface area contributed by atoms with Gasteiger partial charge in [-0.05, 0) is 48.3 Å². The molecule has 3 radical (unpaired) electrons. The van der Waals surface area contributed by atoms with E-state index in [1.165, 1.54) is 0 Å². The van der Waals surface area contributed by atoms with Crippen molar-refractivity contribution in [1.29, 1.82) is 0 Å². The van der Waals surface area contributed by atoms with Crippen molar-refractivity contribution in [2.45, 2.75) is 33.3 Å². The molecule has 139 valence electrons. The van der Waals surface area contributed by atoms with E-state index < -0.39 is 7.12 Å². The minimum absolute atomic E-state index is 0.0956. The highest BCUT2D eigenvalue weighted by molar-refractivity contribution is 6.65. The van der Waals surface area contributed by atoms with Crippen LogP contribution < -0.4 is 10.2 Å². The van der Waals surface area contributed by atoms with Gasteiger partial charge in [-0.3, -0.25) is 0 Å². The molecule has 0 unspecified atom stereocenters. The molecule has 0 aromatic heterocycles. The fraction of sp³-hybridized carbons (Fsp3) is 0.429. The van der Waals surface area contributed by atoms with Crippen molar-refractivity contribution < 1.29 is 18.8 Å². The van der Waals surface area contributed by atoms with Crippen molar-refractivity contribution in [3.63, 3.8) is 0 Å². The highest BCUT2D eigenvalue weighted by Gasteiger charge is 2.47. The van der Waals surface area contributed by atoms with Gasteiger partial charge >= 0.3 is 7.12 Å². The summed E-state index contributed by atoms with van der Waals surface area (Å²) in [6, 6.07) is 9.95. The molecule has 27 heavy (non-hydrogen) atoms. The lowest BCUT2D eigenvalue weighted by molar-refractivity contribution is -0.0936. The predicted octanol–water partition coefficient (Wildman–Crippen LogP) is 2.85. The zero-order chi connectivity index (χ0) is 19.7. The molecular weight excluding hydrogens is 355 g/mol. The van der Waals surface area contributed by atoms with E-state index in [2.05, 4.69) is 49.4 Å². The van der Waals surface area contributed by atoms with E-state index in [0.717, 1.165) is 21.8 Å². The maximum atomic E-state index is 6.41. The van der Waals surface area contributed by atoms with Crippen molar-refractivity contribution in [2.75, 3.05) is 20.5 Å². The number of ether oxygens (including phenoxy) is 2. The number of hydrogen-bond acceptors (Lipinski definition) is 4. The van der Waals surface area contributed by atoms with Crippen LogP contribution in [-0.4, -0.2) is 43.5 Å². The van der Waals surface area contributed by atoms with E-state index in [9.17, 15) is 0 Å². The minimum atomic E-state index is -0.501. The van der Waals surface area contributed by atoms with Crippen LogP contribution in [0, 0.1) is 16.9 Å². The van der Waals surface area contributed by atoms with Crippen LogP contribution in [0.15, 0.2) is 30.3 Å². The maximum absolute atomic E-state index is 6.41. The Balaban J connectivity index is 2.15. The Kier molecular flexibility index (Phi) is 5.69. The summed E-state index contributed by atoms with van der Waals surface area (Å²) in [6.07, 6.45) is 0. The summed E-state index contributed by atoms with van der Waals surface area (Å²) >= 11 is 0. The normalized spacial score (nSPS) is 18.1. The van der Waals surface area contributed by atoms with E-state index in [-0.39, 0.29) is 17.8 Å². The van der Waals surface area contributed by atoms with Gasteiger partial charge < -0.3 is 18.8 Å². The molecule has 0 amide bonds. The van der Waals surface area contributed by atoms with Gasteiger partial charge in [0.15, 0.2) is 6.79 Å². The Labute approximate surface area is 165 Å². The van der Waals surface area contributed by atoms with Crippen LogP contribution in [-0.2, 0) is 14.0 Å². The lowest BCUT2D eigenvalue weighted by Gasteiger charge is -2.47. The second-order valence-corrected chi connectivity index (χ2v) is 8.12. The van der Waals surface area contributed by atoms with Crippen LogP contribution in [0.3, 0.4) is 0 Å². The van der Waals surface area contributed by atoms with Gasteiger partial charge in [0.1, 0.15) is 16.0 Å².